The minimum absolute atomic E-state index is 0.0750. The topological polar surface area (TPSA) is 49.8 Å². The van der Waals surface area contributed by atoms with Crippen LogP contribution in [-0.4, -0.2) is 48.3 Å². The fourth-order valence-corrected chi connectivity index (χ4v) is 2.19. The van der Waals surface area contributed by atoms with Crippen LogP contribution in [0.1, 0.15) is 26.7 Å². The summed E-state index contributed by atoms with van der Waals surface area (Å²) in [7, 11) is 1.95. The molecule has 0 spiro atoms. The molecule has 1 rings (SSSR count). The summed E-state index contributed by atoms with van der Waals surface area (Å²) >= 11 is 0. The zero-order valence-electron chi connectivity index (χ0n) is 9.77. The van der Waals surface area contributed by atoms with Crippen molar-refractivity contribution in [2.45, 2.75) is 38.8 Å². The molecule has 0 aliphatic carbocycles. The van der Waals surface area contributed by atoms with Crippen molar-refractivity contribution < 1.29 is 14.6 Å². The van der Waals surface area contributed by atoms with Crippen LogP contribution in [0.2, 0.25) is 0 Å². The molecule has 1 aliphatic heterocycles. The molecule has 88 valence electrons. The number of ether oxygens (including phenoxy) is 1. The van der Waals surface area contributed by atoms with E-state index in [9.17, 15) is 9.90 Å². The molecule has 1 fully saturated rings. The lowest BCUT2D eigenvalue weighted by molar-refractivity contribution is -0.156. The molecule has 0 saturated carbocycles. The van der Waals surface area contributed by atoms with Gasteiger partial charge in [-0.05, 0) is 26.3 Å². The Morgan fingerprint density at radius 2 is 2.27 bits per heavy atom. The average molecular weight is 215 g/mol. The number of nitrogens with zero attached hydrogens (tertiary/aromatic N) is 1. The predicted molar refractivity (Wildman–Crippen MR) is 57.5 cm³/mol. The predicted octanol–water partition coefficient (Wildman–Crippen LogP) is 0.641. The van der Waals surface area contributed by atoms with Crippen molar-refractivity contribution in [1.82, 2.24) is 4.90 Å². The van der Waals surface area contributed by atoms with Gasteiger partial charge < -0.3 is 9.84 Å². The van der Waals surface area contributed by atoms with E-state index in [0.29, 0.717) is 12.5 Å². The van der Waals surface area contributed by atoms with Crippen molar-refractivity contribution in [2.24, 2.45) is 5.92 Å². The van der Waals surface area contributed by atoms with Gasteiger partial charge in [0.05, 0.1) is 6.61 Å². The van der Waals surface area contributed by atoms with Crippen molar-refractivity contribution in [3.63, 3.8) is 0 Å². The molecular weight excluding hydrogens is 194 g/mol. The summed E-state index contributed by atoms with van der Waals surface area (Å²) in [6.45, 7) is 5.16. The van der Waals surface area contributed by atoms with E-state index < -0.39 is 12.1 Å². The lowest BCUT2D eigenvalue weighted by atomic mass is 10.00. The van der Waals surface area contributed by atoms with E-state index >= 15 is 0 Å². The van der Waals surface area contributed by atoms with E-state index in [1.807, 2.05) is 7.05 Å². The van der Waals surface area contributed by atoms with Crippen molar-refractivity contribution in [2.75, 3.05) is 20.2 Å². The summed E-state index contributed by atoms with van der Waals surface area (Å²) < 4.78 is 4.82. The molecule has 4 heteroatoms. The van der Waals surface area contributed by atoms with Crippen LogP contribution in [-0.2, 0) is 9.53 Å². The number of hydrogen-bond donors (Lipinski definition) is 1. The summed E-state index contributed by atoms with van der Waals surface area (Å²) in [4.78, 5) is 13.4. The SMILES string of the molecule is CCOC(=O)[C@H](O)[C@H]1C[C@@H](CC)CN1C. The van der Waals surface area contributed by atoms with Gasteiger partial charge in [-0.15, -0.1) is 0 Å². The molecule has 0 aromatic heterocycles. The molecule has 3 atom stereocenters. The van der Waals surface area contributed by atoms with Crippen molar-refractivity contribution in [3.05, 3.63) is 0 Å². The van der Waals surface area contributed by atoms with Gasteiger partial charge in [0.2, 0.25) is 0 Å². The van der Waals surface area contributed by atoms with Crippen LogP contribution in [0, 0.1) is 5.92 Å². The minimum atomic E-state index is -0.994. The van der Waals surface area contributed by atoms with E-state index in [0.717, 1.165) is 19.4 Å². The number of carbonyl (C=O) groups is 1. The number of likely N-dealkylation sites (tertiary alicyclic amines) is 1. The highest BCUT2D eigenvalue weighted by molar-refractivity contribution is 5.75. The molecule has 15 heavy (non-hydrogen) atoms. The van der Waals surface area contributed by atoms with E-state index in [1.54, 1.807) is 6.92 Å². The van der Waals surface area contributed by atoms with Gasteiger partial charge in [-0.1, -0.05) is 13.3 Å². The van der Waals surface area contributed by atoms with Gasteiger partial charge in [-0.25, -0.2) is 4.79 Å². The molecule has 0 radical (unpaired) electrons. The first-order chi connectivity index (χ1) is 7.10. The molecule has 1 aliphatic rings. The van der Waals surface area contributed by atoms with Crippen molar-refractivity contribution >= 4 is 5.97 Å². The Morgan fingerprint density at radius 1 is 1.60 bits per heavy atom. The van der Waals surface area contributed by atoms with E-state index in [2.05, 4.69) is 11.8 Å². The third-order valence-corrected chi connectivity index (χ3v) is 3.16. The second kappa shape index (κ2) is 5.47. The van der Waals surface area contributed by atoms with Gasteiger partial charge in [0.15, 0.2) is 6.10 Å². The molecule has 1 heterocycles. The van der Waals surface area contributed by atoms with Gasteiger partial charge in [0.1, 0.15) is 0 Å². The Hall–Kier alpha value is -0.610. The van der Waals surface area contributed by atoms with E-state index in [-0.39, 0.29) is 6.04 Å². The second-order valence-electron chi connectivity index (χ2n) is 4.21. The van der Waals surface area contributed by atoms with Crippen LogP contribution in [0.3, 0.4) is 0 Å². The van der Waals surface area contributed by atoms with E-state index in [1.165, 1.54) is 0 Å². The van der Waals surface area contributed by atoms with Gasteiger partial charge in [0, 0.05) is 12.6 Å². The van der Waals surface area contributed by atoms with Gasteiger partial charge in [0.25, 0.3) is 0 Å². The monoisotopic (exact) mass is 215 g/mol. The second-order valence-corrected chi connectivity index (χ2v) is 4.21. The Labute approximate surface area is 91.2 Å². The Balaban J connectivity index is 2.52. The summed E-state index contributed by atoms with van der Waals surface area (Å²) in [5, 5.41) is 9.82. The van der Waals surface area contributed by atoms with Crippen LogP contribution >= 0.6 is 0 Å². The Bertz CT molecular complexity index is 220. The number of aliphatic hydroxyl groups is 1. The average Bonchev–Trinajstić information content (AvgIpc) is 2.59. The lowest BCUT2D eigenvalue weighted by Gasteiger charge is -2.23. The van der Waals surface area contributed by atoms with E-state index in [4.69, 9.17) is 4.74 Å². The third-order valence-electron chi connectivity index (χ3n) is 3.16. The smallest absolute Gasteiger partial charge is 0.336 e. The van der Waals surface area contributed by atoms with Crippen molar-refractivity contribution in [1.29, 1.82) is 0 Å². The third kappa shape index (κ3) is 2.92. The quantitative estimate of drug-likeness (QED) is 0.699. The number of carbonyl (C=O) groups excluding carboxylic acids is 1. The highest BCUT2D eigenvalue weighted by Gasteiger charge is 2.37. The molecule has 1 N–H and O–H groups in total. The highest BCUT2D eigenvalue weighted by Crippen LogP contribution is 2.26. The maximum atomic E-state index is 11.4. The Morgan fingerprint density at radius 3 is 2.73 bits per heavy atom. The van der Waals surface area contributed by atoms with Gasteiger partial charge in [-0.3, -0.25) is 4.90 Å². The molecule has 0 aromatic rings. The maximum absolute atomic E-state index is 11.4. The highest BCUT2D eigenvalue weighted by atomic mass is 16.5. The number of rotatable bonds is 4. The molecule has 0 bridgehead atoms. The molecule has 0 amide bonds. The number of hydrogen-bond acceptors (Lipinski definition) is 4. The first-order valence-electron chi connectivity index (χ1n) is 5.65. The van der Waals surface area contributed by atoms with Gasteiger partial charge in [-0.2, -0.15) is 0 Å². The molecule has 1 saturated heterocycles. The van der Waals surface area contributed by atoms with Crippen LogP contribution in [0.4, 0.5) is 0 Å². The standard InChI is InChI=1S/C11H21NO3/c1-4-8-6-9(12(3)7-8)10(13)11(14)15-5-2/h8-10,13H,4-7H2,1-3H3/t8-,9-,10-/m1/s1. The summed E-state index contributed by atoms with van der Waals surface area (Å²) in [6, 6.07) is -0.0750. The minimum Gasteiger partial charge on any atom is -0.464 e. The molecule has 0 aromatic carbocycles. The van der Waals surface area contributed by atoms with Crippen LogP contribution in [0.15, 0.2) is 0 Å². The normalized spacial score (nSPS) is 29.1. The number of likely N-dealkylation sites (N-methyl/N-ethyl adjacent to an activating group) is 1. The zero-order chi connectivity index (χ0) is 11.4. The zero-order valence-corrected chi connectivity index (χ0v) is 9.77. The summed E-state index contributed by atoms with van der Waals surface area (Å²) in [6.07, 6.45) is 0.982. The summed E-state index contributed by atoms with van der Waals surface area (Å²) in [5.74, 6) is 0.0928. The largest absolute Gasteiger partial charge is 0.464 e. The maximum Gasteiger partial charge on any atom is 0.336 e. The van der Waals surface area contributed by atoms with Crippen LogP contribution < -0.4 is 0 Å². The van der Waals surface area contributed by atoms with Crippen LogP contribution in [0.25, 0.3) is 0 Å². The first-order valence-corrected chi connectivity index (χ1v) is 5.65. The molecule has 4 nitrogen and oxygen atoms in total. The fourth-order valence-electron chi connectivity index (χ4n) is 2.19. The first kappa shape index (κ1) is 12.5. The molecular formula is C11H21NO3. The lowest BCUT2D eigenvalue weighted by Crippen LogP contribution is -2.42. The Kier molecular flexibility index (Phi) is 4.54. The molecule has 0 unspecified atom stereocenters. The number of aliphatic hydroxyl groups excluding tert-OH is 1. The number of esters is 1. The fraction of sp³-hybridized carbons (Fsp3) is 0.909. The summed E-state index contributed by atoms with van der Waals surface area (Å²) in [5.41, 5.74) is 0. The van der Waals surface area contributed by atoms with Crippen LogP contribution in [0.5, 0.6) is 0 Å². The van der Waals surface area contributed by atoms with Crippen molar-refractivity contribution in [3.8, 4) is 0 Å². The van der Waals surface area contributed by atoms with Gasteiger partial charge >= 0.3 is 5.97 Å².